The number of rotatable bonds is 7. The number of nitrogens with one attached hydrogen (secondary N) is 1. The quantitative estimate of drug-likeness (QED) is 0.711. The van der Waals surface area contributed by atoms with Gasteiger partial charge < -0.3 is 10.2 Å². The highest BCUT2D eigenvalue weighted by Gasteiger charge is 2.10. The summed E-state index contributed by atoms with van der Waals surface area (Å²) in [6.45, 7) is 4.38. The van der Waals surface area contributed by atoms with Crippen molar-refractivity contribution in [1.82, 2.24) is 10.2 Å². The molecular formula is C14H24N2. The number of hydrogen-bond acceptors (Lipinski definition) is 2. The van der Waals surface area contributed by atoms with Gasteiger partial charge in [0.25, 0.3) is 0 Å². The van der Waals surface area contributed by atoms with Gasteiger partial charge in [-0.2, -0.15) is 0 Å². The summed E-state index contributed by atoms with van der Waals surface area (Å²) in [5, 5.41) is 3.63. The van der Waals surface area contributed by atoms with Crippen molar-refractivity contribution in [3.8, 4) is 0 Å². The Morgan fingerprint density at radius 3 is 2.44 bits per heavy atom. The molecule has 0 bridgehead atoms. The van der Waals surface area contributed by atoms with Gasteiger partial charge in [-0.25, -0.2) is 0 Å². The number of nitrogens with zero attached hydrogens (tertiary/aromatic N) is 1. The van der Waals surface area contributed by atoms with E-state index in [1.807, 2.05) is 0 Å². The van der Waals surface area contributed by atoms with Crippen molar-refractivity contribution >= 4 is 0 Å². The number of unbranched alkanes of at least 4 members (excludes halogenated alkanes) is 1. The lowest BCUT2D eigenvalue weighted by Crippen LogP contribution is -2.31. The minimum Gasteiger partial charge on any atom is -0.309 e. The van der Waals surface area contributed by atoms with Gasteiger partial charge in [-0.3, -0.25) is 0 Å². The molecule has 1 rings (SSSR count). The molecule has 0 saturated heterocycles. The zero-order valence-electron chi connectivity index (χ0n) is 10.7. The van der Waals surface area contributed by atoms with Gasteiger partial charge >= 0.3 is 0 Å². The van der Waals surface area contributed by atoms with Gasteiger partial charge in [-0.05, 0) is 32.6 Å². The SMILES string of the molecule is CCCCNC(CN(C)C)c1ccccc1. The molecule has 0 aliphatic rings. The van der Waals surface area contributed by atoms with Gasteiger partial charge in [0.1, 0.15) is 0 Å². The highest BCUT2D eigenvalue weighted by molar-refractivity contribution is 5.19. The van der Waals surface area contributed by atoms with E-state index in [2.05, 4.69) is 61.6 Å². The molecule has 1 aromatic carbocycles. The van der Waals surface area contributed by atoms with Crippen molar-refractivity contribution in [3.05, 3.63) is 35.9 Å². The molecular weight excluding hydrogens is 196 g/mol. The van der Waals surface area contributed by atoms with Crippen LogP contribution in [0.1, 0.15) is 31.4 Å². The van der Waals surface area contributed by atoms with Crippen LogP contribution in [0.15, 0.2) is 30.3 Å². The maximum Gasteiger partial charge on any atom is 0.0449 e. The lowest BCUT2D eigenvalue weighted by molar-refractivity contribution is 0.341. The molecule has 0 heterocycles. The Morgan fingerprint density at radius 1 is 1.19 bits per heavy atom. The molecule has 0 saturated carbocycles. The minimum absolute atomic E-state index is 0.447. The molecule has 1 atom stereocenters. The van der Waals surface area contributed by atoms with Crippen molar-refractivity contribution in [3.63, 3.8) is 0 Å². The predicted octanol–water partition coefficient (Wildman–Crippen LogP) is 2.68. The fraction of sp³-hybridized carbons (Fsp3) is 0.571. The normalized spacial score (nSPS) is 13.0. The van der Waals surface area contributed by atoms with E-state index in [-0.39, 0.29) is 0 Å². The topological polar surface area (TPSA) is 15.3 Å². The molecule has 2 heteroatoms. The Bertz CT molecular complexity index is 269. The maximum absolute atomic E-state index is 3.63. The summed E-state index contributed by atoms with van der Waals surface area (Å²) in [5.41, 5.74) is 1.38. The van der Waals surface area contributed by atoms with Crippen LogP contribution in [-0.2, 0) is 0 Å². The third kappa shape index (κ3) is 4.77. The second-order valence-corrected chi connectivity index (χ2v) is 4.53. The first kappa shape index (κ1) is 13.2. The van der Waals surface area contributed by atoms with Gasteiger partial charge in [0, 0.05) is 12.6 Å². The summed E-state index contributed by atoms with van der Waals surface area (Å²) >= 11 is 0. The Hall–Kier alpha value is -0.860. The van der Waals surface area contributed by atoms with E-state index < -0.39 is 0 Å². The van der Waals surface area contributed by atoms with Gasteiger partial charge in [0.05, 0.1) is 0 Å². The molecule has 1 N–H and O–H groups in total. The van der Waals surface area contributed by atoms with Crippen LogP contribution in [0, 0.1) is 0 Å². The van der Waals surface area contributed by atoms with Gasteiger partial charge in [0.2, 0.25) is 0 Å². The van der Waals surface area contributed by atoms with E-state index >= 15 is 0 Å². The smallest absolute Gasteiger partial charge is 0.0449 e. The van der Waals surface area contributed by atoms with E-state index in [9.17, 15) is 0 Å². The van der Waals surface area contributed by atoms with E-state index in [1.54, 1.807) is 0 Å². The molecule has 0 spiro atoms. The van der Waals surface area contributed by atoms with Crippen LogP contribution in [0.25, 0.3) is 0 Å². The van der Waals surface area contributed by atoms with Gasteiger partial charge in [-0.1, -0.05) is 43.7 Å². The first-order valence-corrected chi connectivity index (χ1v) is 6.17. The lowest BCUT2D eigenvalue weighted by Gasteiger charge is -2.22. The summed E-state index contributed by atoms with van der Waals surface area (Å²) in [5.74, 6) is 0. The average Bonchev–Trinajstić information content (AvgIpc) is 2.29. The highest BCUT2D eigenvalue weighted by Crippen LogP contribution is 2.13. The highest BCUT2D eigenvalue weighted by atomic mass is 15.1. The predicted molar refractivity (Wildman–Crippen MR) is 70.6 cm³/mol. The van der Waals surface area contributed by atoms with Crippen molar-refractivity contribution in [1.29, 1.82) is 0 Å². The zero-order valence-corrected chi connectivity index (χ0v) is 10.7. The summed E-state index contributed by atoms with van der Waals surface area (Å²) in [7, 11) is 4.24. The molecule has 0 amide bonds. The summed E-state index contributed by atoms with van der Waals surface area (Å²) < 4.78 is 0. The molecule has 0 radical (unpaired) electrons. The molecule has 90 valence electrons. The number of hydrogen-bond donors (Lipinski definition) is 1. The van der Waals surface area contributed by atoms with Crippen LogP contribution in [0.4, 0.5) is 0 Å². The van der Waals surface area contributed by atoms with Crippen LogP contribution in [0.3, 0.4) is 0 Å². The number of benzene rings is 1. The Labute approximate surface area is 99.7 Å². The lowest BCUT2D eigenvalue weighted by atomic mass is 10.1. The van der Waals surface area contributed by atoms with Crippen LogP contribution in [0.5, 0.6) is 0 Å². The molecule has 16 heavy (non-hydrogen) atoms. The molecule has 1 aromatic rings. The Kier molecular flexibility index (Phi) is 6.12. The summed E-state index contributed by atoms with van der Waals surface area (Å²) in [6.07, 6.45) is 2.49. The average molecular weight is 220 g/mol. The standard InChI is InChI=1S/C14H24N2/c1-4-5-11-15-14(12-16(2)3)13-9-7-6-8-10-13/h6-10,14-15H,4-5,11-12H2,1-3H3. The monoisotopic (exact) mass is 220 g/mol. The first-order valence-electron chi connectivity index (χ1n) is 6.17. The minimum atomic E-state index is 0.447. The fourth-order valence-corrected chi connectivity index (χ4v) is 1.79. The first-order chi connectivity index (χ1) is 7.74. The zero-order chi connectivity index (χ0) is 11.8. The van der Waals surface area contributed by atoms with E-state index in [1.165, 1.54) is 18.4 Å². The molecule has 1 unspecified atom stereocenters. The van der Waals surface area contributed by atoms with Gasteiger partial charge in [0.15, 0.2) is 0 Å². The molecule has 0 aliphatic carbocycles. The Morgan fingerprint density at radius 2 is 1.88 bits per heavy atom. The van der Waals surface area contributed by atoms with E-state index in [0.717, 1.165) is 13.1 Å². The van der Waals surface area contributed by atoms with Crippen molar-refractivity contribution in [2.45, 2.75) is 25.8 Å². The van der Waals surface area contributed by atoms with Crippen LogP contribution in [0.2, 0.25) is 0 Å². The summed E-state index contributed by atoms with van der Waals surface area (Å²) in [6, 6.07) is 11.1. The van der Waals surface area contributed by atoms with Crippen LogP contribution >= 0.6 is 0 Å². The van der Waals surface area contributed by atoms with Gasteiger partial charge in [-0.15, -0.1) is 0 Å². The molecule has 0 aromatic heterocycles. The second-order valence-electron chi connectivity index (χ2n) is 4.53. The largest absolute Gasteiger partial charge is 0.309 e. The molecule has 2 nitrogen and oxygen atoms in total. The second kappa shape index (κ2) is 7.42. The molecule has 0 aliphatic heterocycles. The number of likely N-dealkylation sites (N-methyl/N-ethyl adjacent to an activating group) is 1. The van der Waals surface area contributed by atoms with Crippen LogP contribution < -0.4 is 5.32 Å². The molecule has 0 fully saturated rings. The fourth-order valence-electron chi connectivity index (χ4n) is 1.79. The van der Waals surface area contributed by atoms with Crippen molar-refractivity contribution in [2.75, 3.05) is 27.2 Å². The van der Waals surface area contributed by atoms with E-state index in [0.29, 0.717) is 6.04 Å². The maximum atomic E-state index is 3.63. The van der Waals surface area contributed by atoms with E-state index in [4.69, 9.17) is 0 Å². The third-order valence-corrected chi connectivity index (χ3v) is 2.67. The summed E-state index contributed by atoms with van der Waals surface area (Å²) in [4.78, 5) is 2.23. The third-order valence-electron chi connectivity index (χ3n) is 2.67. The van der Waals surface area contributed by atoms with Crippen molar-refractivity contribution in [2.24, 2.45) is 0 Å². The van der Waals surface area contributed by atoms with Crippen LogP contribution in [-0.4, -0.2) is 32.1 Å². The Balaban J connectivity index is 2.56. The van der Waals surface area contributed by atoms with Crippen molar-refractivity contribution < 1.29 is 0 Å².